The minimum Gasteiger partial charge on any atom is -0.362 e. The molecule has 0 unspecified atom stereocenters. The molecule has 0 bridgehead atoms. The van der Waals surface area contributed by atoms with Gasteiger partial charge in [-0.25, -0.2) is 4.98 Å². The molecule has 1 N–H and O–H groups in total. The molecule has 0 aliphatic heterocycles. The second-order valence-electron chi connectivity index (χ2n) is 4.89. The maximum Gasteiger partial charge on any atom is 0.229 e. The van der Waals surface area contributed by atoms with Gasteiger partial charge in [-0.2, -0.15) is 4.98 Å². The number of benzene rings is 2. The molecule has 2 aromatic carbocycles. The van der Waals surface area contributed by atoms with Crippen LogP contribution in [0.1, 0.15) is 0 Å². The Balaban J connectivity index is 2.09. The molecule has 1 heterocycles. The first-order chi connectivity index (χ1) is 10.1. The lowest BCUT2D eigenvalue weighted by Gasteiger charge is -2.16. The fourth-order valence-corrected chi connectivity index (χ4v) is 2.32. The zero-order chi connectivity index (χ0) is 14.8. The summed E-state index contributed by atoms with van der Waals surface area (Å²) >= 11 is 6.17. The molecule has 106 valence electrons. The first-order valence-corrected chi connectivity index (χ1v) is 6.98. The minimum absolute atomic E-state index is 0.533. The lowest BCUT2D eigenvalue weighted by atomic mass is 10.2. The lowest BCUT2D eigenvalue weighted by Crippen LogP contribution is -2.13. The Morgan fingerprint density at radius 3 is 2.43 bits per heavy atom. The highest BCUT2D eigenvalue weighted by Gasteiger charge is 2.10. The van der Waals surface area contributed by atoms with Crippen LogP contribution >= 0.6 is 11.6 Å². The summed E-state index contributed by atoms with van der Waals surface area (Å²) in [6.07, 6.45) is 0. The molecule has 0 aliphatic rings. The standard InChI is InChI=1S/C16H15ClN4/c1-21(2)15-11-7-3-5-9-13(11)18-16(20-15)19-14-10-6-4-8-12(14)17/h3-10H,1-2H3,(H,18,19,20). The van der Waals surface area contributed by atoms with Crippen LogP contribution in [0.5, 0.6) is 0 Å². The Morgan fingerprint density at radius 1 is 0.952 bits per heavy atom. The van der Waals surface area contributed by atoms with E-state index in [0.717, 1.165) is 22.4 Å². The van der Waals surface area contributed by atoms with E-state index < -0.39 is 0 Å². The van der Waals surface area contributed by atoms with Gasteiger partial charge in [0.25, 0.3) is 0 Å². The molecular formula is C16H15ClN4. The van der Waals surface area contributed by atoms with Gasteiger partial charge in [0.2, 0.25) is 5.95 Å². The number of nitrogens with zero attached hydrogens (tertiary/aromatic N) is 3. The summed E-state index contributed by atoms with van der Waals surface area (Å²) in [7, 11) is 3.93. The maximum atomic E-state index is 6.17. The largest absolute Gasteiger partial charge is 0.362 e. The summed E-state index contributed by atoms with van der Waals surface area (Å²) in [5.41, 5.74) is 1.69. The van der Waals surface area contributed by atoms with Crippen molar-refractivity contribution in [1.82, 2.24) is 9.97 Å². The van der Waals surface area contributed by atoms with Gasteiger partial charge in [0.05, 0.1) is 16.2 Å². The van der Waals surface area contributed by atoms with Crippen molar-refractivity contribution in [3.8, 4) is 0 Å². The lowest BCUT2D eigenvalue weighted by molar-refractivity contribution is 1.06. The van der Waals surface area contributed by atoms with Crippen LogP contribution < -0.4 is 10.2 Å². The number of nitrogens with one attached hydrogen (secondary N) is 1. The molecule has 0 saturated carbocycles. The molecule has 0 amide bonds. The normalized spacial score (nSPS) is 10.6. The third kappa shape index (κ3) is 2.76. The van der Waals surface area contributed by atoms with Crippen molar-refractivity contribution in [3.63, 3.8) is 0 Å². The second-order valence-corrected chi connectivity index (χ2v) is 5.29. The Morgan fingerprint density at radius 2 is 1.67 bits per heavy atom. The summed E-state index contributed by atoms with van der Waals surface area (Å²) in [6.45, 7) is 0. The summed E-state index contributed by atoms with van der Waals surface area (Å²) < 4.78 is 0. The number of para-hydroxylation sites is 2. The fourth-order valence-electron chi connectivity index (χ4n) is 2.14. The molecule has 4 nitrogen and oxygen atoms in total. The zero-order valence-corrected chi connectivity index (χ0v) is 12.6. The third-order valence-corrected chi connectivity index (χ3v) is 3.46. The molecule has 3 aromatic rings. The predicted octanol–water partition coefficient (Wildman–Crippen LogP) is 4.09. The van der Waals surface area contributed by atoms with Gasteiger partial charge >= 0.3 is 0 Å². The van der Waals surface area contributed by atoms with Crippen molar-refractivity contribution >= 4 is 40.0 Å². The average Bonchev–Trinajstić information content (AvgIpc) is 2.48. The molecule has 0 aliphatic carbocycles. The highest BCUT2D eigenvalue weighted by molar-refractivity contribution is 6.33. The smallest absolute Gasteiger partial charge is 0.229 e. The van der Waals surface area contributed by atoms with Crippen molar-refractivity contribution < 1.29 is 0 Å². The minimum atomic E-state index is 0.533. The first-order valence-electron chi connectivity index (χ1n) is 6.61. The molecule has 3 rings (SSSR count). The highest BCUT2D eigenvalue weighted by atomic mass is 35.5. The van der Waals surface area contributed by atoms with Crippen LogP contribution in [0.25, 0.3) is 10.9 Å². The Bertz CT molecular complexity index is 786. The van der Waals surface area contributed by atoms with E-state index in [2.05, 4.69) is 15.3 Å². The van der Waals surface area contributed by atoms with Crippen LogP contribution in [0.3, 0.4) is 0 Å². The van der Waals surface area contributed by atoms with Crippen LogP contribution in [0.15, 0.2) is 48.5 Å². The molecule has 0 atom stereocenters. The summed E-state index contributed by atoms with van der Waals surface area (Å²) in [6, 6.07) is 15.5. The van der Waals surface area contributed by atoms with Crippen LogP contribution in [-0.2, 0) is 0 Å². The van der Waals surface area contributed by atoms with Crippen molar-refractivity contribution in [2.75, 3.05) is 24.3 Å². The zero-order valence-electron chi connectivity index (χ0n) is 11.8. The predicted molar refractivity (Wildman–Crippen MR) is 88.6 cm³/mol. The van der Waals surface area contributed by atoms with Crippen molar-refractivity contribution in [2.24, 2.45) is 0 Å². The van der Waals surface area contributed by atoms with Crippen LogP contribution in [0, 0.1) is 0 Å². The van der Waals surface area contributed by atoms with Gasteiger partial charge in [-0.1, -0.05) is 35.9 Å². The summed E-state index contributed by atoms with van der Waals surface area (Å²) in [5, 5.41) is 4.84. The van der Waals surface area contributed by atoms with Crippen molar-refractivity contribution in [2.45, 2.75) is 0 Å². The number of rotatable bonds is 3. The van der Waals surface area contributed by atoms with E-state index in [4.69, 9.17) is 11.6 Å². The number of hydrogen-bond acceptors (Lipinski definition) is 4. The van der Waals surface area contributed by atoms with E-state index in [1.165, 1.54) is 0 Å². The molecule has 0 spiro atoms. The summed E-state index contributed by atoms with van der Waals surface area (Å²) in [4.78, 5) is 11.1. The van der Waals surface area contributed by atoms with Gasteiger partial charge in [0, 0.05) is 19.5 Å². The van der Waals surface area contributed by atoms with Gasteiger partial charge in [0.1, 0.15) is 5.82 Å². The van der Waals surface area contributed by atoms with Crippen molar-refractivity contribution in [1.29, 1.82) is 0 Å². The van der Waals surface area contributed by atoms with Gasteiger partial charge in [-0.15, -0.1) is 0 Å². The van der Waals surface area contributed by atoms with Crippen molar-refractivity contribution in [3.05, 3.63) is 53.6 Å². The second kappa shape index (κ2) is 5.58. The molecule has 1 aromatic heterocycles. The number of fused-ring (bicyclic) bond motifs is 1. The van der Waals surface area contributed by atoms with Gasteiger partial charge in [-0.05, 0) is 24.3 Å². The van der Waals surface area contributed by atoms with Gasteiger partial charge < -0.3 is 10.2 Å². The number of halogens is 1. The maximum absolute atomic E-state index is 6.17. The molecular weight excluding hydrogens is 284 g/mol. The molecule has 0 fully saturated rings. The molecule has 21 heavy (non-hydrogen) atoms. The number of hydrogen-bond donors (Lipinski definition) is 1. The number of aromatic nitrogens is 2. The third-order valence-electron chi connectivity index (χ3n) is 3.13. The number of anilines is 3. The Labute approximate surface area is 128 Å². The van der Waals surface area contributed by atoms with Crippen LogP contribution in [0.2, 0.25) is 5.02 Å². The SMILES string of the molecule is CN(C)c1nc(Nc2ccccc2Cl)nc2ccccc12. The van der Waals surface area contributed by atoms with Gasteiger partial charge in [0.15, 0.2) is 0 Å². The topological polar surface area (TPSA) is 41.1 Å². The van der Waals surface area contributed by atoms with E-state index in [0.29, 0.717) is 11.0 Å². The molecule has 0 saturated heterocycles. The fraction of sp³-hybridized carbons (Fsp3) is 0.125. The molecule has 0 radical (unpaired) electrons. The van der Waals surface area contributed by atoms with E-state index >= 15 is 0 Å². The van der Waals surface area contributed by atoms with E-state index in [1.54, 1.807) is 0 Å². The van der Waals surface area contributed by atoms with E-state index in [-0.39, 0.29) is 0 Å². The monoisotopic (exact) mass is 298 g/mol. The molecule has 5 heteroatoms. The van der Waals surface area contributed by atoms with Crippen LogP contribution in [-0.4, -0.2) is 24.1 Å². The highest BCUT2D eigenvalue weighted by Crippen LogP contribution is 2.27. The van der Waals surface area contributed by atoms with Crippen LogP contribution in [0.4, 0.5) is 17.5 Å². The van der Waals surface area contributed by atoms with E-state index in [9.17, 15) is 0 Å². The van der Waals surface area contributed by atoms with Gasteiger partial charge in [-0.3, -0.25) is 0 Å². The quantitative estimate of drug-likeness (QED) is 0.790. The van der Waals surface area contributed by atoms with E-state index in [1.807, 2.05) is 67.5 Å². The Hall–Kier alpha value is -2.33. The first kappa shape index (κ1) is 13.6. The Kier molecular flexibility index (Phi) is 3.62. The summed E-state index contributed by atoms with van der Waals surface area (Å²) in [5.74, 6) is 1.40. The average molecular weight is 299 g/mol.